The number of amides is 1. The normalized spacial score (nSPS) is 17.3. The molecule has 1 atom stereocenters. The van der Waals surface area contributed by atoms with Crippen molar-refractivity contribution in [1.29, 1.82) is 0 Å². The topological polar surface area (TPSA) is 60.5 Å². The molecule has 0 radical (unpaired) electrons. The first kappa shape index (κ1) is 13.4. The van der Waals surface area contributed by atoms with Crippen LogP contribution in [0.3, 0.4) is 0 Å². The van der Waals surface area contributed by atoms with Crippen molar-refractivity contribution < 1.29 is 14.3 Å². The second-order valence-corrected chi connectivity index (χ2v) is 4.79. The average Bonchev–Trinajstić information content (AvgIpc) is 2.93. The molecule has 1 N–H and O–H groups in total. The van der Waals surface area contributed by atoms with Crippen LogP contribution < -0.4 is 14.8 Å². The van der Waals surface area contributed by atoms with E-state index in [1.165, 1.54) is 0 Å². The summed E-state index contributed by atoms with van der Waals surface area (Å²) in [5.74, 6) is 1.03. The summed E-state index contributed by atoms with van der Waals surface area (Å²) >= 11 is 0. The zero-order valence-corrected chi connectivity index (χ0v) is 11.5. The Morgan fingerprint density at radius 2 is 2.05 bits per heavy atom. The smallest absolute Gasteiger partial charge is 0.261 e. The maximum Gasteiger partial charge on any atom is 0.261 e. The molecule has 1 aliphatic rings. The molecule has 2 aromatic rings. The van der Waals surface area contributed by atoms with Gasteiger partial charge in [0.25, 0.3) is 5.91 Å². The largest absolute Gasteiger partial charge is 0.479 e. The molecular weight excluding hydrogens is 268 g/mol. The van der Waals surface area contributed by atoms with Crippen molar-refractivity contribution in [3.8, 4) is 11.6 Å². The van der Waals surface area contributed by atoms with E-state index in [1.54, 1.807) is 18.3 Å². The van der Waals surface area contributed by atoms with Crippen molar-refractivity contribution in [2.75, 3.05) is 6.54 Å². The highest BCUT2D eigenvalue weighted by Crippen LogP contribution is 2.18. The van der Waals surface area contributed by atoms with Gasteiger partial charge in [-0.1, -0.05) is 30.3 Å². The Balaban J connectivity index is 1.55. The van der Waals surface area contributed by atoms with Crippen molar-refractivity contribution >= 4 is 5.91 Å². The highest BCUT2D eigenvalue weighted by Gasteiger charge is 2.25. The van der Waals surface area contributed by atoms with Crippen LogP contribution in [-0.2, 0) is 11.4 Å². The zero-order chi connectivity index (χ0) is 14.5. The van der Waals surface area contributed by atoms with Crippen LogP contribution >= 0.6 is 0 Å². The standard InChI is InChI=1S/C16H16N2O3/c19-16-14(8-9-17-16)21-13-6-7-15(18-10-13)20-11-12-4-2-1-3-5-12/h1-7,10,14H,8-9,11H2,(H,17,19)/t14-/m1/s1. The fourth-order valence-electron chi connectivity index (χ4n) is 2.10. The Bertz CT molecular complexity index is 599. The molecule has 1 fully saturated rings. The predicted octanol–water partition coefficient (Wildman–Crippen LogP) is 1.93. The lowest BCUT2D eigenvalue weighted by atomic mass is 10.2. The molecule has 108 valence electrons. The summed E-state index contributed by atoms with van der Waals surface area (Å²) < 4.78 is 11.2. The summed E-state index contributed by atoms with van der Waals surface area (Å²) in [6.45, 7) is 1.13. The van der Waals surface area contributed by atoms with Gasteiger partial charge in [0.05, 0.1) is 6.20 Å². The third-order valence-electron chi connectivity index (χ3n) is 3.22. The fraction of sp³-hybridized carbons (Fsp3) is 0.250. The quantitative estimate of drug-likeness (QED) is 0.911. The van der Waals surface area contributed by atoms with E-state index < -0.39 is 6.10 Å². The molecule has 1 saturated heterocycles. The number of aromatic nitrogens is 1. The number of benzene rings is 1. The van der Waals surface area contributed by atoms with Crippen LogP contribution in [0.25, 0.3) is 0 Å². The summed E-state index contributed by atoms with van der Waals surface area (Å²) in [4.78, 5) is 15.6. The van der Waals surface area contributed by atoms with E-state index in [0.29, 0.717) is 31.2 Å². The molecule has 0 bridgehead atoms. The molecule has 1 amide bonds. The minimum absolute atomic E-state index is 0.0700. The van der Waals surface area contributed by atoms with Crippen molar-refractivity contribution in [2.24, 2.45) is 0 Å². The van der Waals surface area contributed by atoms with Gasteiger partial charge < -0.3 is 14.8 Å². The monoisotopic (exact) mass is 284 g/mol. The average molecular weight is 284 g/mol. The van der Waals surface area contributed by atoms with Gasteiger partial charge in [0, 0.05) is 19.0 Å². The van der Waals surface area contributed by atoms with E-state index in [1.807, 2.05) is 30.3 Å². The Labute approximate surface area is 122 Å². The van der Waals surface area contributed by atoms with Gasteiger partial charge in [-0.25, -0.2) is 4.98 Å². The van der Waals surface area contributed by atoms with Crippen LogP contribution in [0.1, 0.15) is 12.0 Å². The van der Waals surface area contributed by atoms with E-state index in [9.17, 15) is 4.79 Å². The van der Waals surface area contributed by atoms with Gasteiger partial charge >= 0.3 is 0 Å². The number of rotatable bonds is 5. The molecular formula is C16H16N2O3. The van der Waals surface area contributed by atoms with Crippen LogP contribution in [0.2, 0.25) is 0 Å². The van der Waals surface area contributed by atoms with Crippen LogP contribution in [0.15, 0.2) is 48.7 Å². The molecule has 0 aliphatic carbocycles. The molecule has 1 aliphatic heterocycles. The molecule has 2 heterocycles. The highest BCUT2D eigenvalue weighted by molar-refractivity contribution is 5.83. The molecule has 3 rings (SSSR count). The lowest BCUT2D eigenvalue weighted by Crippen LogP contribution is -2.27. The second kappa shape index (κ2) is 6.26. The Hall–Kier alpha value is -2.56. The number of ether oxygens (including phenoxy) is 2. The number of carbonyl (C=O) groups is 1. The fourth-order valence-corrected chi connectivity index (χ4v) is 2.10. The number of carbonyl (C=O) groups excluding carboxylic acids is 1. The Kier molecular flexibility index (Phi) is 4.00. The number of pyridine rings is 1. The first-order chi connectivity index (χ1) is 10.3. The predicted molar refractivity (Wildman–Crippen MR) is 77.1 cm³/mol. The summed E-state index contributed by atoms with van der Waals surface area (Å²) in [6, 6.07) is 13.4. The van der Waals surface area contributed by atoms with Gasteiger partial charge in [-0.2, -0.15) is 0 Å². The Morgan fingerprint density at radius 3 is 2.71 bits per heavy atom. The molecule has 5 heteroatoms. The van der Waals surface area contributed by atoms with Gasteiger partial charge in [0.2, 0.25) is 5.88 Å². The maximum atomic E-state index is 11.4. The van der Waals surface area contributed by atoms with Crippen LogP contribution in [-0.4, -0.2) is 23.5 Å². The van der Waals surface area contributed by atoms with Gasteiger partial charge in [-0.05, 0) is 11.6 Å². The summed E-state index contributed by atoms with van der Waals surface area (Å²) in [5.41, 5.74) is 1.09. The minimum atomic E-state index is -0.414. The third-order valence-corrected chi connectivity index (χ3v) is 3.22. The van der Waals surface area contributed by atoms with Gasteiger partial charge in [0.1, 0.15) is 12.4 Å². The SMILES string of the molecule is O=C1NCC[C@H]1Oc1ccc(OCc2ccccc2)nc1. The molecule has 0 saturated carbocycles. The first-order valence-electron chi connectivity index (χ1n) is 6.88. The van der Waals surface area contributed by atoms with Crippen LogP contribution in [0, 0.1) is 0 Å². The first-order valence-corrected chi connectivity index (χ1v) is 6.88. The Morgan fingerprint density at radius 1 is 1.19 bits per heavy atom. The minimum Gasteiger partial charge on any atom is -0.479 e. The number of hydrogen-bond acceptors (Lipinski definition) is 4. The highest BCUT2D eigenvalue weighted by atomic mass is 16.5. The molecule has 5 nitrogen and oxygen atoms in total. The molecule has 0 spiro atoms. The van der Waals surface area contributed by atoms with E-state index in [2.05, 4.69) is 10.3 Å². The summed E-state index contributed by atoms with van der Waals surface area (Å²) in [5, 5.41) is 2.73. The second-order valence-electron chi connectivity index (χ2n) is 4.79. The number of nitrogens with zero attached hydrogens (tertiary/aromatic N) is 1. The van der Waals surface area contributed by atoms with Crippen LogP contribution in [0.5, 0.6) is 11.6 Å². The van der Waals surface area contributed by atoms with E-state index in [4.69, 9.17) is 9.47 Å². The van der Waals surface area contributed by atoms with Crippen molar-refractivity contribution in [3.63, 3.8) is 0 Å². The van der Waals surface area contributed by atoms with E-state index >= 15 is 0 Å². The molecule has 1 aromatic heterocycles. The van der Waals surface area contributed by atoms with Crippen molar-refractivity contribution in [3.05, 3.63) is 54.2 Å². The van der Waals surface area contributed by atoms with Gasteiger partial charge in [0.15, 0.2) is 6.10 Å². The van der Waals surface area contributed by atoms with E-state index in [-0.39, 0.29) is 5.91 Å². The third kappa shape index (κ3) is 3.51. The van der Waals surface area contributed by atoms with Gasteiger partial charge in [-0.3, -0.25) is 4.79 Å². The van der Waals surface area contributed by atoms with Crippen molar-refractivity contribution in [2.45, 2.75) is 19.1 Å². The lowest BCUT2D eigenvalue weighted by molar-refractivity contribution is -0.124. The lowest BCUT2D eigenvalue weighted by Gasteiger charge is -2.11. The molecule has 0 unspecified atom stereocenters. The molecule has 21 heavy (non-hydrogen) atoms. The van der Waals surface area contributed by atoms with Gasteiger partial charge in [-0.15, -0.1) is 0 Å². The van der Waals surface area contributed by atoms with Crippen LogP contribution in [0.4, 0.5) is 0 Å². The summed E-state index contributed by atoms with van der Waals surface area (Å²) in [6.07, 6.45) is 1.85. The number of hydrogen-bond donors (Lipinski definition) is 1. The van der Waals surface area contributed by atoms with Crippen molar-refractivity contribution in [1.82, 2.24) is 10.3 Å². The number of nitrogens with one attached hydrogen (secondary N) is 1. The zero-order valence-electron chi connectivity index (χ0n) is 11.5. The molecule has 1 aromatic carbocycles. The van der Waals surface area contributed by atoms with E-state index in [0.717, 1.165) is 5.56 Å². The maximum absolute atomic E-state index is 11.4. The summed E-state index contributed by atoms with van der Waals surface area (Å²) in [7, 11) is 0.